The van der Waals surface area contributed by atoms with E-state index in [4.69, 9.17) is 0 Å². The molecule has 14 heavy (non-hydrogen) atoms. The molecule has 0 unspecified atom stereocenters. The van der Waals surface area contributed by atoms with Crippen LogP contribution >= 0.6 is 0 Å². The largest absolute Gasteiger partial charge is 0.299 e. The third-order valence-electron chi connectivity index (χ3n) is 2.70. The van der Waals surface area contributed by atoms with Crippen LogP contribution in [-0.4, -0.2) is 10.8 Å². The van der Waals surface area contributed by atoms with E-state index in [0.717, 1.165) is 17.7 Å². The van der Waals surface area contributed by atoms with Crippen LogP contribution in [0.3, 0.4) is 0 Å². The van der Waals surface area contributed by atoms with Gasteiger partial charge in [-0.1, -0.05) is 6.07 Å². The first-order valence-electron chi connectivity index (χ1n) is 5.18. The molecule has 0 N–H and O–H groups in total. The van der Waals surface area contributed by atoms with Crippen molar-refractivity contribution in [1.29, 1.82) is 0 Å². The Labute approximate surface area is 84.4 Å². The molecule has 74 valence electrons. The smallest absolute Gasteiger partial charge is 0.139 e. The topological polar surface area (TPSA) is 30.0 Å². The molecule has 0 bridgehead atoms. The Balaban J connectivity index is 1.95. The third kappa shape index (κ3) is 2.41. The number of pyridine rings is 1. The molecule has 1 fully saturated rings. The molecule has 1 aromatic heterocycles. The van der Waals surface area contributed by atoms with E-state index in [1.165, 1.54) is 12.8 Å². The minimum atomic E-state index is 0.342. The fraction of sp³-hybridized carbons (Fsp3) is 0.500. The van der Waals surface area contributed by atoms with Gasteiger partial charge in [-0.2, -0.15) is 0 Å². The van der Waals surface area contributed by atoms with Crippen molar-refractivity contribution in [3.05, 3.63) is 29.6 Å². The number of aromatic nitrogens is 1. The van der Waals surface area contributed by atoms with Gasteiger partial charge in [0.15, 0.2) is 0 Å². The summed E-state index contributed by atoms with van der Waals surface area (Å²) >= 11 is 0. The zero-order valence-corrected chi connectivity index (χ0v) is 8.49. The quantitative estimate of drug-likeness (QED) is 0.727. The summed E-state index contributed by atoms with van der Waals surface area (Å²) in [4.78, 5) is 15.8. The normalized spacial score (nSPS) is 15.5. The van der Waals surface area contributed by atoms with Gasteiger partial charge in [-0.15, -0.1) is 0 Å². The summed E-state index contributed by atoms with van der Waals surface area (Å²) in [6, 6.07) is 3.91. The Bertz CT molecular complexity index is 342. The summed E-state index contributed by atoms with van der Waals surface area (Å²) in [6.45, 7) is 2.01. The molecule has 2 heteroatoms. The first kappa shape index (κ1) is 9.38. The Hall–Kier alpha value is -1.18. The Morgan fingerprint density at radius 1 is 1.57 bits per heavy atom. The van der Waals surface area contributed by atoms with Gasteiger partial charge >= 0.3 is 0 Å². The van der Waals surface area contributed by atoms with E-state index in [0.29, 0.717) is 18.1 Å². The van der Waals surface area contributed by atoms with Crippen LogP contribution < -0.4 is 0 Å². The SMILES string of the molecule is Cc1cccnc1CC(=O)CC1CC1. The molecule has 0 atom stereocenters. The molecule has 1 aliphatic rings. The Morgan fingerprint density at radius 2 is 2.36 bits per heavy atom. The molecule has 0 aliphatic heterocycles. The molecule has 2 rings (SSSR count). The third-order valence-corrected chi connectivity index (χ3v) is 2.70. The van der Waals surface area contributed by atoms with Crippen molar-refractivity contribution in [2.24, 2.45) is 5.92 Å². The lowest BCUT2D eigenvalue weighted by Crippen LogP contribution is -2.06. The summed E-state index contributed by atoms with van der Waals surface area (Å²) in [5, 5.41) is 0. The first-order valence-corrected chi connectivity index (χ1v) is 5.18. The molecule has 0 radical (unpaired) electrons. The van der Waals surface area contributed by atoms with Gasteiger partial charge < -0.3 is 0 Å². The summed E-state index contributed by atoms with van der Waals surface area (Å²) in [7, 11) is 0. The van der Waals surface area contributed by atoms with Gasteiger partial charge in [0.25, 0.3) is 0 Å². The molecule has 0 saturated heterocycles. The highest BCUT2D eigenvalue weighted by Gasteiger charge is 2.24. The lowest BCUT2D eigenvalue weighted by molar-refractivity contribution is -0.118. The van der Waals surface area contributed by atoms with E-state index in [2.05, 4.69) is 4.98 Å². The fourth-order valence-electron chi connectivity index (χ4n) is 1.61. The molecular weight excluding hydrogens is 174 g/mol. The molecule has 0 aromatic carbocycles. The van der Waals surface area contributed by atoms with E-state index in [9.17, 15) is 4.79 Å². The monoisotopic (exact) mass is 189 g/mol. The van der Waals surface area contributed by atoms with Gasteiger partial charge in [0.2, 0.25) is 0 Å². The van der Waals surface area contributed by atoms with Crippen LogP contribution in [0.5, 0.6) is 0 Å². The van der Waals surface area contributed by atoms with Gasteiger partial charge in [0, 0.05) is 19.0 Å². The summed E-state index contributed by atoms with van der Waals surface area (Å²) in [6.07, 6.45) is 5.52. The molecular formula is C12H15NO. The number of carbonyl (C=O) groups is 1. The second-order valence-electron chi connectivity index (χ2n) is 4.13. The highest BCUT2D eigenvalue weighted by molar-refractivity contribution is 5.81. The van der Waals surface area contributed by atoms with Crippen LogP contribution in [-0.2, 0) is 11.2 Å². The first-order chi connectivity index (χ1) is 6.75. The lowest BCUT2D eigenvalue weighted by atomic mass is 10.1. The second-order valence-corrected chi connectivity index (χ2v) is 4.13. The van der Waals surface area contributed by atoms with E-state index >= 15 is 0 Å². The van der Waals surface area contributed by atoms with Crippen LogP contribution in [0.1, 0.15) is 30.5 Å². The number of Topliss-reactive ketones (excluding diaryl/α,β-unsaturated/α-hetero) is 1. The predicted molar refractivity (Wildman–Crippen MR) is 55.0 cm³/mol. The van der Waals surface area contributed by atoms with Crippen LogP contribution in [0.4, 0.5) is 0 Å². The zero-order chi connectivity index (χ0) is 9.97. The molecule has 1 saturated carbocycles. The minimum absolute atomic E-state index is 0.342. The number of carbonyl (C=O) groups excluding carboxylic acids is 1. The number of ketones is 1. The van der Waals surface area contributed by atoms with E-state index in [1.54, 1.807) is 6.20 Å². The van der Waals surface area contributed by atoms with Crippen LogP contribution in [0.2, 0.25) is 0 Å². The summed E-state index contributed by atoms with van der Waals surface area (Å²) in [5.41, 5.74) is 2.06. The van der Waals surface area contributed by atoms with Crippen molar-refractivity contribution in [2.45, 2.75) is 32.6 Å². The molecule has 1 heterocycles. The maximum Gasteiger partial charge on any atom is 0.139 e. The highest BCUT2D eigenvalue weighted by Crippen LogP contribution is 2.32. The van der Waals surface area contributed by atoms with Crippen molar-refractivity contribution >= 4 is 5.78 Å². The van der Waals surface area contributed by atoms with Gasteiger partial charge in [0.1, 0.15) is 5.78 Å². The van der Waals surface area contributed by atoms with E-state index in [-0.39, 0.29) is 0 Å². The molecule has 0 amide bonds. The number of rotatable bonds is 4. The van der Waals surface area contributed by atoms with Gasteiger partial charge in [-0.25, -0.2) is 0 Å². The van der Waals surface area contributed by atoms with Gasteiger partial charge in [-0.05, 0) is 37.3 Å². The second kappa shape index (κ2) is 3.91. The zero-order valence-electron chi connectivity index (χ0n) is 8.49. The van der Waals surface area contributed by atoms with E-state index < -0.39 is 0 Å². The summed E-state index contributed by atoms with van der Waals surface area (Å²) < 4.78 is 0. The van der Waals surface area contributed by atoms with Crippen LogP contribution in [0.25, 0.3) is 0 Å². The van der Waals surface area contributed by atoms with Gasteiger partial charge in [-0.3, -0.25) is 9.78 Å². The molecule has 2 nitrogen and oxygen atoms in total. The summed E-state index contributed by atoms with van der Waals surface area (Å²) in [5.74, 6) is 1.03. The average Bonchev–Trinajstić information content (AvgIpc) is 2.93. The number of hydrogen-bond donors (Lipinski definition) is 0. The van der Waals surface area contributed by atoms with Crippen LogP contribution in [0.15, 0.2) is 18.3 Å². The Morgan fingerprint density at radius 3 is 3.00 bits per heavy atom. The van der Waals surface area contributed by atoms with Crippen molar-refractivity contribution in [2.75, 3.05) is 0 Å². The van der Waals surface area contributed by atoms with Crippen molar-refractivity contribution in [1.82, 2.24) is 4.98 Å². The maximum absolute atomic E-state index is 11.6. The Kier molecular flexibility index (Phi) is 2.62. The number of hydrogen-bond acceptors (Lipinski definition) is 2. The minimum Gasteiger partial charge on any atom is -0.299 e. The molecule has 1 aromatic rings. The number of aryl methyl sites for hydroxylation is 1. The van der Waals surface area contributed by atoms with Gasteiger partial charge in [0.05, 0.1) is 5.69 Å². The predicted octanol–water partition coefficient (Wildman–Crippen LogP) is 2.30. The molecule has 1 aliphatic carbocycles. The fourth-order valence-corrected chi connectivity index (χ4v) is 1.61. The van der Waals surface area contributed by atoms with E-state index in [1.807, 2.05) is 19.1 Å². The van der Waals surface area contributed by atoms with Crippen molar-refractivity contribution in [3.63, 3.8) is 0 Å². The van der Waals surface area contributed by atoms with Crippen LogP contribution in [0, 0.1) is 12.8 Å². The molecule has 0 spiro atoms. The van der Waals surface area contributed by atoms with Crippen molar-refractivity contribution < 1.29 is 4.79 Å². The maximum atomic E-state index is 11.6. The average molecular weight is 189 g/mol. The van der Waals surface area contributed by atoms with Crippen molar-refractivity contribution in [3.8, 4) is 0 Å². The lowest BCUT2D eigenvalue weighted by Gasteiger charge is -2.02. The number of nitrogens with zero attached hydrogens (tertiary/aromatic N) is 1. The highest BCUT2D eigenvalue weighted by atomic mass is 16.1. The standard InChI is InChI=1S/C12H15NO/c1-9-3-2-6-13-12(9)8-11(14)7-10-4-5-10/h2-3,6,10H,4-5,7-8H2,1H3.